The van der Waals surface area contributed by atoms with Gasteiger partial charge in [0.05, 0.1) is 5.92 Å². The van der Waals surface area contributed by atoms with Crippen molar-refractivity contribution in [2.75, 3.05) is 26.2 Å². The first kappa shape index (κ1) is 13.3. The summed E-state index contributed by atoms with van der Waals surface area (Å²) in [6, 6.07) is 0.335. The Kier molecular flexibility index (Phi) is 4.22. The van der Waals surface area contributed by atoms with Crippen LogP contribution in [0, 0.1) is 5.92 Å². The molecule has 0 aromatic rings. The van der Waals surface area contributed by atoms with Crippen LogP contribution in [0.4, 0.5) is 0 Å². The topological polar surface area (TPSA) is 60.9 Å². The number of carboxylic acids is 1. The molecule has 1 N–H and O–H groups in total. The van der Waals surface area contributed by atoms with Crippen LogP contribution in [-0.4, -0.2) is 59.0 Å². The Balaban J connectivity index is 1.85. The van der Waals surface area contributed by atoms with Crippen LogP contribution in [0.2, 0.25) is 0 Å². The van der Waals surface area contributed by atoms with E-state index in [0.29, 0.717) is 19.1 Å². The number of hydrogen-bond donors (Lipinski definition) is 1. The Morgan fingerprint density at radius 2 is 2.06 bits per heavy atom. The van der Waals surface area contributed by atoms with Crippen molar-refractivity contribution in [1.82, 2.24) is 9.80 Å². The third-order valence-electron chi connectivity index (χ3n) is 4.06. The van der Waals surface area contributed by atoms with Crippen LogP contribution >= 0.6 is 0 Å². The fraction of sp³-hybridized carbons (Fsp3) is 0.846. The Bertz CT molecular complexity index is 326. The first-order valence-corrected chi connectivity index (χ1v) is 6.82. The van der Waals surface area contributed by atoms with Crippen molar-refractivity contribution in [2.24, 2.45) is 5.92 Å². The summed E-state index contributed by atoms with van der Waals surface area (Å²) in [5, 5.41) is 8.94. The number of carbonyl (C=O) groups excluding carboxylic acids is 1. The molecule has 0 aromatic heterocycles. The summed E-state index contributed by atoms with van der Waals surface area (Å²) >= 11 is 0. The fourth-order valence-electron chi connectivity index (χ4n) is 2.91. The molecule has 2 atom stereocenters. The molecule has 2 fully saturated rings. The molecular weight excluding hydrogens is 232 g/mol. The number of hydrogen-bond acceptors (Lipinski definition) is 3. The van der Waals surface area contributed by atoms with Gasteiger partial charge in [-0.1, -0.05) is 6.42 Å². The minimum absolute atomic E-state index is 0.00809. The average molecular weight is 254 g/mol. The lowest BCUT2D eigenvalue weighted by Gasteiger charge is -2.34. The molecule has 2 unspecified atom stereocenters. The van der Waals surface area contributed by atoms with E-state index in [2.05, 4.69) is 11.8 Å². The second-order valence-electron chi connectivity index (χ2n) is 5.48. The molecule has 2 heterocycles. The number of nitrogens with zero attached hydrogens (tertiary/aromatic N) is 2. The molecule has 0 bridgehead atoms. The van der Waals surface area contributed by atoms with E-state index in [-0.39, 0.29) is 12.3 Å². The van der Waals surface area contributed by atoms with Gasteiger partial charge in [0.2, 0.25) is 5.91 Å². The molecule has 2 rings (SSSR count). The van der Waals surface area contributed by atoms with E-state index >= 15 is 0 Å². The van der Waals surface area contributed by atoms with E-state index in [0.717, 1.165) is 13.1 Å². The quantitative estimate of drug-likeness (QED) is 0.806. The van der Waals surface area contributed by atoms with Gasteiger partial charge in [-0.05, 0) is 32.9 Å². The van der Waals surface area contributed by atoms with Crippen molar-refractivity contribution in [3.63, 3.8) is 0 Å². The maximum Gasteiger partial charge on any atom is 0.308 e. The molecular formula is C13H22N2O3. The minimum Gasteiger partial charge on any atom is -0.481 e. The van der Waals surface area contributed by atoms with Crippen molar-refractivity contribution in [2.45, 2.75) is 38.6 Å². The third kappa shape index (κ3) is 3.02. The van der Waals surface area contributed by atoms with Crippen LogP contribution in [0.3, 0.4) is 0 Å². The smallest absolute Gasteiger partial charge is 0.308 e. The summed E-state index contributed by atoms with van der Waals surface area (Å²) in [5.41, 5.74) is 0. The molecule has 0 saturated carbocycles. The van der Waals surface area contributed by atoms with Crippen LogP contribution in [0.5, 0.6) is 0 Å². The molecule has 0 spiro atoms. The summed E-state index contributed by atoms with van der Waals surface area (Å²) in [4.78, 5) is 26.8. The van der Waals surface area contributed by atoms with E-state index in [1.165, 1.54) is 19.3 Å². The fourth-order valence-corrected chi connectivity index (χ4v) is 2.91. The number of piperidine rings is 1. The van der Waals surface area contributed by atoms with Gasteiger partial charge < -0.3 is 10.0 Å². The van der Waals surface area contributed by atoms with Gasteiger partial charge in [-0.3, -0.25) is 14.5 Å². The van der Waals surface area contributed by atoms with Gasteiger partial charge >= 0.3 is 5.97 Å². The number of carboxylic acid groups (broad SMARTS) is 1. The monoisotopic (exact) mass is 254 g/mol. The Hall–Kier alpha value is -1.10. The van der Waals surface area contributed by atoms with Crippen molar-refractivity contribution in [3.8, 4) is 0 Å². The highest BCUT2D eigenvalue weighted by Crippen LogP contribution is 2.20. The van der Waals surface area contributed by atoms with Gasteiger partial charge in [-0.2, -0.15) is 0 Å². The summed E-state index contributed by atoms with van der Waals surface area (Å²) in [7, 11) is 0. The molecule has 2 aliphatic rings. The van der Waals surface area contributed by atoms with Gasteiger partial charge in [0, 0.05) is 25.6 Å². The van der Waals surface area contributed by atoms with Gasteiger partial charge in [0.15, 0.2) is 0 Å². The molecule has 0 aliphatic carbocycles. The van der Waals surface area contributed by atoms with E-state index in [4.69, 9.17) is 5.11 Å². The maximum absolute atomic E-state index is 11.8. The SMILES string of the molecule is CC(CN1CC(C(=O)O)CC1=O)N1CCCCC1. The second kappa shape index (κ2) is 5.69. The van der Waals surface area contributed by atoms with Gasteiger partial charge in [-0.25, -0.2) is 0 Å². The molecule has 2 saturated heterocycles. The Morgan fingerprint density at radius 3 is 2.61 bits per heavy atom. The average Bonchev–Trinajstić information content (AvgIpc) is 2.72. The highest BCUT2D eigenvalue weighted by Gasteiger charge is 2.35. The largest absolute Gasteiger partial charge is 0.481 e. The molecule has 2 aliphatic heterocycles. The van der Waals surface area contributed by atoms with Crippen LogP contribution in [0.15, 0.2) is 0 Å². The van der Waals surface area contributed by atoms with Gasteiger partial charge in [0.25, 0.3) is 0 Å². The standard InChI is InChI=1S/C13H22N2O3/c1-10(14-5-3-2-4-6-14)8-15-9-11(13(17)18)7-12(15)16/h10-11H,2-9H2,1H3,(H,17,18). The predicted octanol–water partition coefficient (Wildman–Crippen LogP) is 0.794. The van der Waals surface area contributed by atoms with Crippen molar-refractivity contribution in [1.29, 1.82) is 0 Å². The zero-order valence-electron chi connectivity index (χ0n) is 11.0. The number of aliphatic carboxylic acids is 1. The normalized spacial score (nSPS) is 27.5. The Morgan fingerprint density at radius 1 is 1.39 bits per heavy atom. The van der Waals surface area contributed by atoms with E-state index in [1.807, 2.05) is 0 Å². The van der Waals surface area contributed by atoms with Crippen LogP contribution in [0.25, 0.3) is 0 Å². The summed E-state index contributed by atoms with van der Waals surface area (Å²) < 4.78 is 0. The number of amides is 1. The predicted molar refractivity (Wildman–Crippen MR) is 67.2 cm³/mol. The van der Waals surface area contributed by atoms with Crippen molar-refractivity contribution in [3.05, 3.63) is 0 Å². The zero-order chi connectivity index (χ0) is 13.1. The number of rotatable bonds is 4. The third-order valence-corrected chi connectivity index (χ3v) is 4.06. The molecule has 1 amide bonds. The Labute approximate surface area is 108 Å². The van der Waals surface area contributed by atoms with Crippen molar-refractivity contribution < 1.29 is 14.7 Å². The maximum atomic E-state index is 11.8. The second-order valence-corrected chi connectivity index (χ2v) is 5.48. The minimum atomic E-state index is -0.850. The van der Waals surface area contributed by atoms with Gasteiger partial charge in [-0.15, -0.1) is 0 Å². The molecule has 18 heavy (non-hydrogen) atoms. The van der Waals surface area contributed by atoms with E-state index in [1.54, 1.807) is 4.90 Å². The van der Waals surface area contributed by atoms with E-state index < -0.39 is 11.9 Å². The number of carbonyl (C=O) groups is 2. The van der Waals surface area contributed by atoms with Crippen LogP contribution < -0.4 is 0 Å². The lowest BCUT2D eigenvalue weighted by atomic mass is 10.1. The zero-order valence-corrected chi connectivity index (χ0v) is 11.0. The first-order valence-electron chi connectivity index (χ1n) is 6.82. The van der Waals surface area contributed by atoms with E-state index in [9.17, 15) is 9.59 Å². The molecule has 0 aromatic carbocycles. The number of likely N-dealkylation sites (tertiary alicyclic amines) is 2. The summed E-state index contributed by atoms with van der Waals surface area (Å²) in [6.07, 6.45) is 3.93. The first-order chi connectivity index (χ1) is 8.58. The van der Waals surface area contributed by atoms with Gasteiger partial charge in [0.1, 0.15) is 0 Å². The summed E-state index contributed by atoms with van der Waals surface area (Å²) in [6.45, 7) is 5.39. The summed E-state index contributed by atoms with van der Waals surface area (Å²) in [5.74, 6) is -1.37. The highest BCUT2D eigenvalue weighted by atomic mass is 16.4. The highest BCUT2D eigenvalue weighted by molar-refractivity contribution is 5.86. The molecule has 5 heteroatoms. The lowest BCUT2D eigenvalue weighted by molar-refractivity contribution is -0.141. The van der Waals surface area contributed by atoms with Crippen LogP contribution in [0.1, 0.15) is 32.6 Å². The molecule has 5 nitrogen and oxygen atoms in total. The van der Waals surface area contributed by atoms with Crippen molar-refractivity contribution >= 4 is 11.9 Å². The van der Waals surface area contributed by atoms with Crippen LogP contribution in [-0.2, 0) is 9.59 Å². The molecule has 0 radical (unpaired) electrons. The molecule has 102 valence electrons. The lowest BCUT2D eigenvalue weighted by Crippen LogP contribution is -2.45.